The summed E-state index contributed by atoms with van der Waals surface area (Å²) in [4.78, 5) is 30.5. The van der Waals surface area contributed by atoms with E-state index >= 15 is 0 Å². The number of hydrogen-bond acceptors (Lipinski definition) is 5. The number of likely N-dealkylation sites (tertiary alicyclic amines) is 1. The number of nitrogens with one attached hydrogen (secondary N) is 2. The maximum absolute atomic E-state index is 12.1. The number of nitrogens with zero attached hydrogens (tertiary/aromatic N) is 2. The highest BCUT2D eigenvalue weighted by Crippen LogP contribution is 2.24. The first kappa shape index (κ1) is 20.4. The Morgan fingerprint density at radius 1 is 1.28 bits per heavy atom. The number of aliphatic imine (C=N–C) groups is 1. The molecule has 1 fully saturated rings. The lowest BCUT2D eigenvalue weighted by Gasteiger charge is -2.21. The van der Waals surface area contributed by atoms with E-state index in [4.69, 9.17) is 9.15 Å². The zero-order chi connectivity index (χ0) is 20.8. The molecule has 0 radical (unpaired) electrons. The smallest absolute Gasteiger partial charge is 0.310 e. The van der Waals surface area contributed by atoms with E-state index in [0.717, 1.165) is 18.1 Å². The molecule has 1 saturated heterocycles. The number of anilines is 1. The topological polar surface area (TPSA) is 96.2 Å². The third kappa shape index (κ3) is 4.96. The van der Waals surface area contributed by atoms with Crippen LogP contribution in [-0.4, -0.2) is 50.0 Å². The Hall–Kier alpha value is -3.29. The van der Waals surface area contributed by atoms with Crippen molar-refractivity contribution in [1.82, 2.24) is 10.2 Å². The van der Waals surface area contributed by atoms with Crippen molar-refractivity contribution in [3.05, 3.63) is 54.0 Å². The lowest BCUT2D eigenvalue weighted by atomic mass is 9.99. The molecule has 1 aliphatic rings. The standard InChI is InChI=1S/C21H26N4O4/c1-14-12-25(13-17(14)20(27)28-3)21(22-2)23-11-15-6-4-7-16(10-15)24-19(26)18-8-5-9-29-18/h4-10,14,17H,11-13H2,1-3H3,(H,22,23)(H,24,26). The van der Waals surface area contributed by atoms with Crippen LogP contribution in [0.4, 0.5) is 5.69 Å². The zero-order valence-corrected chi connectivity index (χ0v) is 16.8. The second-order valence-electron chi connectivity index (χ2n) is 7.04. The molecule has 1 aromatic heterocycles. The summed E-state index contributed by atoms with van der Waals surface area (Å²) in [6, 6.07) is 10.8. The summed E-state index contributed by atoms with van der Waals surface area (Å²) in [5.41, 5.74) is 1.67. The number of ether oxygens (including phenoxy) is 1. The Bertz CT molecular complexity index is 879. The van der Waals surface area contributed by atoms with Gasteiger partial charge in [0.2, 0.25) is 0 Å². The second-order valence-corrected chi connectivity index (χ2v) is 7.04. The predicted octanol–water partition coefficient (Wildman–Crippen LogP) is 2.35. The number of guanidine groups is 1. The van der Waals surface area contributed by atoms with Gasteiger partial charge in [0.25, 0.3) is 5.91 Å². The van der Waals surface area contributed by atoms with Gasteiger partial charge in [-0.15, -0.1) is 0 Å². The van der Waals surface area contributed by atoms with E-state index in [1.165, 1.54) is 13.4 Å². The molecule has 3 rings (SSSR count). The van der Waals surface area contributed by atoms with E-state index < -0.39 is 0 Å². The first-order valence-electron chi connectivity index (χ1n) is 9.49. The van der Waals surface area contributed by atoms with Crippen LogP contribution < -0.4 is 10.6 Å². The van der Waals surface area contributed by atoms with Crippen LogP contribution >= 0.6 is 0 Å². The molecule has 8 nitrogen and oxygen atoms in total. The van der Waals surface area contributed by atoms with Gasteiger partial charge in [-0.25, -0.2) is 0 Å². The third-order valence-electron chi connectivity index (χ3n) is 5.01. The van der Waals surface area contributed by atoms with E-state index in [0.29, 0.717) is 18.8 Å². The van der Waals surface area contributed by atoms with Crippen LogP contribution in [0, 0.1) is 11.8 Å². The first-order chi connectivity index (χ1) is 14.0. The van der Waals surface area contributed by atoms with Crippen LogP contribution in [0.2, 0.25) is 0 Å². The number of carbonyl (C=O) groups excluding carboxylic acids is 2. The number of amides is 1. The Morgan fingerprint density at radius 3 is 2.79 bits per heavy atom. The number of carbonyl (C=O) groups is 2. The molecule has 0 bridgehead atoms. The highest BCUT2D eigenvalue weighted by Gasteiger charge is 2.36. The van der Waals surface area contributed by atoms with E-state index in [9.17, 15) is 9.59 Å². The van der Waals surface area contributed by atoms with Crippen molar-refractivity contribution in [2.24, 2.45) is 16.8 Å². The minimum Gasteiger partial charge on any atom is -0.469 e. The van der Waals surface area contributed by atoms with Crippen molar-refractivity contribution in [2.75, 3.05) is 32.6 Å². The molecule has 154 valence electrons. The molecule has 2 heterocycles. The van der Waals surface area contributed by atoms with Gasteiger partial charge < -0.3 is 24.7 Å². The molecule has 1 aromatic carbocycles. The summed E-state index contributed by atoms with van der Waals surface area (Å²) in [6.45, 7) is 3.89. The molecular weight excluding hydrogens is 372 g/mol. The molecule has 0 aliphatic carbocycles. The summed E-state index contributed by atoms with van der Waals surface area (Å²) in [6.07, 6.45) is 1.46. The third-order valence-corrected chi connectivity index (χ3v) is 5.01. The van der Waals surface area contributed by atoms with E-state index in [-0.39, 0.29) is 29.5 Å². The zero-order valence-electron chi connectivity index (χ0n) is 16.8. The normalized spacial score (nSPS) is 19.1. The summed E-state index contributed by atoms with van der Waals surface area (Å²) >= 11 is 0. The van der Waals surface area contributed by atoms with Gasteiger partial charge in [0.1, 0.15) is 0 Å². The Labute approximate surface area is 169 Å². The quantitative estimate of drug-likeness (QED) is 0.456. The van der Waals surface area contributed by atoms with Gasteiger partial charge in [-0.05, 0) is 35.7 Å². The Balaban J connectivity index is 1.59. The van der Waals surface area contributed by atoms with Crippen LogP contribution in [0.1, 0.15) is 23.0 Å². The number of rotatable bonds is 5. The minimum absolute atomic E-state index is 0.154. The first-order valence-corrected chi connectivity index (χ1v) is 9.49. The van der Waals surface area contributed by atoms with Gasteiger partial charge >= 0.3 is 5.97 Å². The maximum Gasteiger partial charge on any atom is 0.310 e. The van der Waals surface area contributed by atoms with Gasteiger partial charge in [-0.2, -0.15) is 0 Å². The van der Waals surface area contributed by atoms with Crippen LogP contribution in [0.15, 0.2) is 52.1 Å². The van der Waals surface area contributed by atoms with E-state index in [1.54, 1.807) is 19.2 Å². The molecule has 2 unspecified atom stereocenters. The Morgan fingerprint density at radius 2 is 2.10 bits per heavy atom. The van der Waals surface area contributed by atoms with E-state index in [2.05, 4.69) is 20.5 Å². The summed E-state index contributed by atoms with van der Waals surface area (Å²) < 4.78 is 10.0. The van der Waals surface area contributed by atoms with Crippen LogP contribution in [0.25, 0.3) is 0 Å². The minimum atomic E-state index is -0.296. The lowest BCUT2D eigenvalue weighted by molar-refractivity contribution is -0.145. The molecule has 2 N–H and O–H groups in total. The highest BCUT2D eigenvalue weighted by molar-refractivity contribution is 6.02. The average Bonchev–Trinajstić information content (AvgIpc) is 3.38. The lowest BCUT2D eigenvalue weighted by Crippen LogP contribution is -2.40. The highest BCUT2D eigenvalue weighted by atomic mass is 16.5. The van der Waals surface area contributed by atoms with Gasteiger partial charge in [0.15, 0.2) is 11.7 Å². The fourth-order valence-electron chi connectivity index (χ4n) is 3.47. The maximum atomic E-state index is 12.1. The molecule has 0 saturated carbocycles. The summed E-state index contributed by atoms with van der Waals surface area (Å²) in [5, 5.41) is 6.15. The van der Waals surface area contributed by atoms with Crippen molar-refractivity contribution in [3.8, 4) is 0 Å². The molecule has 1 amide bonds. The monoisotopic (exact) mass is 398 g/mol. The summed E-state index contributed by atoms with van der Waals surface area (Å²) in [7, 11) is 3.14. The van der Waals surface area contributed by atoms with Crippen LogP contribution in [-0.2, 0) is 16.1 Å². The summed E-state index contributed by atoms with van der Waals surface area (Å²) in [5.74, 6) is 0.552. The van der Waals surface area contributed by atoms with Crippen molar-refractivity contribution < 1.29 is 18.7 Å². The van der Waals surface area contributed by atoms with E-state index in [1.807, 2.05) is 31.2 Å². The molecule has 2 atom stereocenters. The fourth-order valence-corrected chi connectivity index (χ4v) is 3.47. The Kier molecular flexibility index (Phi) is 6.54. The SMILES string of the molecule is CN=C(NCc1cccc(NC(=O)c2ccco2)c1)N1CC(C)C(C(=O)OC)C1. The number of hydrogen-bond donors (Lipinski definition) is 2. The van der Waals surface area contributed by atoms with Crippen LogP contribution in [0.5, 0.6) is 0 Å². The van der Waals surface area contributed by atoms with Crippen molar-refractivity contribution in [1.29, 1.82) is 0 Å². The largest absolute Gasteiger partial charge is 0.469 e. The molecule has 8 heteroatoms. The van der Waals surface area contributed by atoms with Crippen LogP contribution in [0.3, 0.4) is 0 Å². The number of esters is 1. The number of furan rings is 1. The van der Waals surface area contributed by atoms with Crippen molar-refractivity contribution in [3.63, 3.8) is 0 Å². The fraction of sp³-hybridized carbons (Fsp3) is 0.381. The van der Waals surface area contributed by atoms with Gasteiger partial charge in [-0.1, -0.05) is 19.1 Å². The second kappa shape index (κ2) is 9.27. The molecule has 0 spiro atoms. The van der Waals surface area contributed by atoms with Crippen molar-refractivity contribution >= 4 is 23.5 Å². The average molecular weight is 398 g/mol. The predicted molar refractivity (Wildman–Crippen MR) is 110 cm³/mol. The molecule has 1 aliphatic heterocycles. The molecular formula is C21H26N4O4. The molecule has 29 heavy (non-hydrogen) atoms. The number of benzene rings is 1. The van der Waals surface area contributed by atoms with Gasteiger partial charge in [0, 0.05) is 32.4 Å². The van der Waals surface area contributed by atoms with Crippen molar-refractivity contribution in [2.45, 2.75) is 13.5 Å². The number of methoxy groups -OCH3 is 1. The van der Waals surface area contributed by atoms with Gasteiger partial charge in [-0.3, -0.25) is 14.6 Å². The van der Waals surface area contributed by atoms with Gasteiger partial charge in [0.05, 0.1) is 19.3 Å². The molecule has 2 aromatic rings.